The first-order valence-corrected chi connectivity index (χ1v) is 10.3. The van der Waals surface area contributed by atoms with Crippen molar-refractivity contribution in [3.63, 3.8) is 0 Å². The summed E-state index contributed by atoms with van der Waals surface area (Å²) in [6.45, 7) is 4.19. The monoisotopic (exact) mass is 442 g/mol. The zero-order valence-electron chi connectivity index (χ0n) is 17.9. The van der Waals surface area contributed by atoms with Gasteiger partial charge in [0.2, 0.25) is 11.7 Å². The molecule has 2 heterocycles. The number of nitrogens with zero attached hydrogens (tertiary/aromatic N) is 3. The summed E-state index contributed by atoms with van der Waals surface area (Å²) in [4.78, 5) is 49.9. The Morgan fingerprint density at radius 1 is 1.25 bits per heavy atom. The van der Waals surface area contributed by atoms with Gasteiger partial charge in [-0.2, -0.15) is 0 Å². The predicted molar refractivity (Wildman–Crippen MR) is 112 cm³/mol. The van der Waals surface area contributed by atoms with E-state index in [1.807, 2.05) is 30.3 Å². The lowest BCUT2D eigenvalue weighted by Crippen LogP contribution is -2.56. The molecule has 32 heavy (non-hydrogen) atoms. The molecule has 1 aliphatic rings. The van der Waals surface area contributed by atoms with E-state index in [4.69, 9.17) is 4.74 Å². The Hall–Kier alpha value is -3.76. The molecule has 170 valence electrons. The van der Waals surface area contributed by atoms with Crippen LogP contribution in [0.4, 0.5) is 4.79 Å². The van der Waals surface area contributed by atoms with Crippen molar-refractivity contribution >= 4 is 23.7 Å². The van der Waals surface area contributed by atoms with Gasteiger partial charge in [-0.05, 0) is 11.5 Å². The average Bonchev–Trinajstić information content (AvgIpc) is 3.22. The molecule has 3 rings (SSSR count). The van der Waals surface area contributed by atoms with Crippen molar-refractivity contribution in [2.75, 3.05) is 6.54 Å². The number of rotatable bonds is 6. The summed E-state index contributed by atoms with van der Waals surface area (Å²) >= 11 is 0. The highest BCUT2D eigenvalue weighted by Gasteiger charge is 2.33. The quantitative estimate of drug-likeness (QED) is 0.532. The highest BCUT2D eigenvalue weighted by molar-refractivity contribution is 6.38. The lowest BCUT2D eigenvalue weighted by molar-refractivity contribution is -0.140. The summed E-state index contributed by atoms with van der Waals surface area (Å²) in [6, 6.07) is 7.01. The molecule has 3 N–H and O–H groups in total. The number of ether oxygens (including phenoxy) is 1. The SMILES string of the molecule is CC(C)C(NC(=O)OCc1ccccc1)C(=O)NC1Cc2nncn2CCNC(=O)C1=O. The van der Waals surface area contributed by atoms with Gasteiger partial charge in [0.15, 0.2) is 0 Å². The van der Waals surface area contributed by atoms with Crippen molar-refractivity contribution in [2.45, 2.75) is 45.5 Å². The van der Waals surface area contributed by atoms with E-state index < -0.39 is 35.8 Å². The van der Waals surface area contributed by atoms with Crippen molar-refractivity contribution in [2.24, 2.45) is 5.92 Å². The van der Waals surface area contributed by atoms with Gasteiger partial charge >= 0.3 is 6.09 Å². The zero-order chi connectivity index (χ0) is 23.1. The van der Waals surface area contributed by atoms with Crippen molar-refractivity contribution in [3.8, 4) is 0 Å². The molecule has 1 aromatic carbocycles. The fraction of sp³-hybridized carbons (Fsp3) is 0.429. The van der Waals surface area contributed by atoms with Crippen molar-refractivity contribution < 1.29 is 23.9 Å². The largest absolute Gasteiger partial charge is 0.445 e. The summed E-state index contributed by atoms with van der Waals surface area (Å²) in [5.41, 5.74) is 0.805. The molecule has 11 nitrogen and oxygen atoms in total. The number of ketones is 1. The van der Waals surface area contributed by atoms with E-state index >= 15 is 0 Å². The van der Waals surface area contributed by atoms with Crippen LogP contribution >= 0.6 is 0 Å². The Labute approximate surface area is 184 Å². The molecular formula is C21H26N6O5. The van der Waals surface area contributed by atoms with Crippen LogP contribution in [-0.2, 0) is 38.7 Å². The fourth-order valence-electron chi connectivity index (χ4n) is 3.24. The van der Waals surface area contributed by atoms with Gasteiger partial charge in [-0.3, -0.25) is 14.4 Å². The first kappa shape index (κ1) is 22.9. The Morgan fingerprint density at radius 3 is 2.72 bits per heavy atom. The molecule has 0 radical (unpaired) electrons. The van der Waals surface area contributed by atoms with Crippen LogP contribution in [0.2, 0.25) is 0 Å². The number of hydrogen-bond donors (Lipinski definition) is 3. The number of fused-ring (bicyclic) bond motifs is 1. The number of nitrogens with one attached hydrogen (secondary N) is 3. The maximum Gasteiger partial charge on any atom is 0.408 e. The number of aromatic nitrogens is 3. The molecule has 0 saturated heterocycles. The summed E-state index contributed by atoms with van der Waals surface area (Å²) < 4.78 is 6.90. The number of carbonyl (C=O) groups excluding carboxylic acids is 4. The Bertz CT molecular complexity index is 974. The van der Waals surface area contributed by atoms with Crippen molar-refractivity contribution in [1.29, 1.82) is 0 Å². The summed E-state index contributed by atoms with van der Waals surface area (Å²) in [5, 5.41) is 15.4. The fourth-order valence-corrected chi connectivity index (χ4v) is 3.24. The van der Waals surface area contributed by atoms with Gasteiger partial charge in [0.1, 0.15) is 30.8 Å². The molecular weight excluding hydrogens is 416 g/mol. The molecule has 0 fully saturated rings. The standard InChI is InChI=1S/C21H26N6O5/c1-13(2)17(25-21(31)32-11-14-6-4-3-5-7-14)19(29)24-15-10-16-26-23-12-27(16)9-8-22-20(30)18(15)28/h3-7,12-13,15,17H,8-11H2,1-2H3,(H,22,30)(H,24,29)(H,25,31). The molecule has 0 saturated carbocycles. The van der Waals surface area contributed by atoms with Gasteiger partial charge in [-0.25, -0.2) is 4.79 Å². The molecule has 11 heteroatoms. The first-order chi connectivity index (χ1) is 15.3. The number of carbonyl (C=O) groups is 4. The lowest BCUT2D eigenvalue weighted by atomic mass is 10.0. The van der Waals surface area contributed by atoms with Gasteiger partial charge in [-0.1, -0.05) is 44.2 Å². The van der Waals surface area contributed by atoms with E-state index in [1.54, 1.807) is 18.4 Å². The highest BCUT2D eigenvalue weighted by Crippen LogP contribution is 2.08. The van der Waals surface area contributed by atoms with E-state index in [9.17, 15) is 19.2 Å². The normalized spacial score (nSPS) is 17.3. The van der Waals surface area contributed by atoms with Gasteiger partial charge in [0, 0.05) is 19.5 Å². The number of hydrogen-bond acceptors (Lipinski definition) is 7. The minimum Gasteiger partial charge on any atom is -0.445 e. The number of Topliss-reactive ketones (excluding diaryl/α,β-unsaturated/α-hetero) is 1. The van der Waals surface area contributed by atoms with Crippen molar-refractivity contribution in [3.05, 3.63) is 48.0 Å². The summed E-state index contributed by atoms with van der Waals surface area (Å²) in [5.74, 6) is -2.01. The van der Waals surface area contributed by atoms with Gasteiger partial charge in [0.05, 0.1) is 0 Å². The van der Waals surface area contributed by atoms with E-state index in [1.165, 1.54) is 6.33 Å². The molecule has 1 aromatic heterocycles. The van der Waals surface area contributed by atoms with E-state index in [2.05, 4.69) is 26.1 Å². The first-order valence-electron chi connectivity index (χ1n) is 10.3. The third-order valence-electron chi connectivity index (χ3n) is 5.01. The van der Waals surface area contributed by atoms with Gasteiger partial charge in [-0.15, -0.1) is 10.2 Å². The van der Waals surface area contributed by atoms with Crippen LogP contribution in [0.15, 0.2) is 36.7 Å². The Morgan fingerprint density at radius 2 is 2.00 bits per heavy atom. The second-order valence-corrected chi connectivity index (χ2v) is 7.75. The lowest BCUT2D eigenvalue weighted by Gasteiger charge is -2.24. The maximum absolute atomic E-state index is 12.9. The molecule has 2 unspecified atom stereocenters. The van der Waals surface area contributed by atoms with Crippen LogP contribution in [-0.4, -0.2) is 57.1 Å². The van der Waals surface area contributed by atoms with Crippen LogP contribution in [0.5, 0.6) is 0 Å². The smallest absolute Gasteiger partial charge is 0.408 e. The minimum absolute atomic E-state index is 0.00125. The molecule has 0 spiro atoms. The summed E-state index contributed by atoms with van der Waals surface area (Å²) in [7, 11) is 0. The van der Waals surface area contributed by atoms with Crippen LogP contribution in [0, 0.1) is 5.92 Å². The highest BCUT2D eigenvalue weighted by atomic mass is 16.5. The van der Waals surface area contributed by atoms with Crippen molar-refractivity contribution in [1.82, 2.24) is 30.7 Å². The summed E-state index contributed by atoms with van der Waals surface area (Å²) in [6.07, 6.45) is 0.736. The average molecular weight is 442 g/mol. The number of amides is 3. The second kappa shape index (κ2) is 10.5. The zero-order valence-corrected chi connectivity index (χ0v) is 17.9. The topological polar surface area (TPSA) is 144 Å². The molecule has 2 atom stereocenters. The molecule has 0 bridgehead atoms. The molecule has 2 aromatic rings. The predicted octanol–water partition coefficient (Wildman–Crippen LogP) is -0.0447. The van der Waals surface area contributed by atoms with E-state index in [0.717, 1.165) is 5.56 Å². The van der Waals surface area contributed by atoms with Crippen LogP contribution in [0.1, 0.15) is 25.2 Å². The molecule has 1 aliphatic heterocycles. The molecule has 3 amide bonds. The number of benzene rings is 1. The van der Waals surface area contributed by atoms with E-state index in [-0.39, 0.29) is 25.5 Å². The second-order valence-electron chi connectivity index (χ2n) is 7.75. The third kappa shape index (κ3) is 5.90. The van der Waals surface area contributed by atoms with Crippen LogP contribution in [0.25, 0.3) is 0 Å². The van der Waals surface area contributed by atoms with Gasteiger partial charge < -0.3 is 25.3 Å². The van der Waals surface area contributed by atoms with Crippen LogP contribution in [0.3, 0.4) is 0 Å². The minimum atomic E-state index is -1.15. The number of alkyl carbamates (subject to hydrolysis) is 1. The third-order valence-corrected chi connectivity index (χ3v) is 5.01. The Kier molecular flexibility index (Phi) is 7.53. The van der Waals surface area contributed by atoms with Crippen LogP contribution < -0.4 is 16.0 Å². The van der Waals surface area contributed by atoms with Gasteiger partial charge in [0.25, 0.3) is 5.91 Å². The van der Waals surface area contributed by atoms with E-state index in [0.29, 0.717) is 12.4 Å². The Balaban J connectivity index is 1.66. The maximum atomic E-state index is 12.9. The molecule has 0 aliphatic carbocycles.